The number of hydrogen-bond acceptors (Lipinski definition) is 8. The van der Waals surface area contributed by atoms with Gasteiger partial charge in [-0.2, -0.15) is 0 Å². The van der Waals surface area contributed by atoms with Gasteiger partial charge in [0.05, 0.1) is 13.2 Å². The molecule has 5 N–H and O–H groups in total. The van der Waals surface area contributed by atoms with E-state index in [2.05, 4.69) is 42.7 Å². The number of Topliss-reactive ketones (excluding diaryl/α,β-unsaturated/α-hetero) is 2. The number of aliphatic hydroxyl groups is 2. The number of carbonyl (C=O) groups excluding carboxylic acids is 2. The maximum absolute atomic E-state index is 13.3. The van der Waals surface area contributed by atoms with Crippen molar-refractivity contribution in [2.24, 2.45) is 5.73 Å². The summed E-state index contributed by atoms with van der Waals surface area (Å²) in [5.41, 5.74) is 2.59. The van der Waals surface area contributed by atoms with Crippen molar-refractivity contribution in [1.29, 1.82) is 0 Å². The fraction of sp³-hybridized carbons (Fsp3) is 0.854. The van der Waals surface area contributed by atoms with Crippen molar-refractivity contribution in [3.8, 4) is 0 Å². The summed E-state index contributed by atoms with van der Waals surface area (Å²) in [7, 11) is -4.58. The number of phosphoric acid groups is 1. The van der Waals surface area contributed by atoms with E-state index in [-0.39, 0.29) is 26.0 Å². The molecule has 0 saturated heterocycles. The van der Waals surface area contributed by atoms with E-state index < -0.39 is 37.7 Å². The van der Waals surface area contributed by atoms with E-state index in [4.69, 9.17) is 10.3 Å². The Morgan fingerprint density at radius 3 is 1.29 bits per heavy atom. The highest BCUT2D eigenvalue weighted by molar-refractivity contribution is 7.47. The van der Waals surface area contributed by atoms with E-state index in [0.717, 1.165) is 77.0 Å². The van der Waals surface area contributed by atoms with Crippen LogP contribution in [0.3, 0.4) is 0 Å². The number of phosphoric ester groups is 1. The molecule has 0 aliphatic heterocycles. The molecule has 0 heterocycles. The van der Waals surface area contributed by atoms with Gasteiger partial charge in [0.15, 0.2) is 11.6 Å². The van der Waals surface area contributed by atoms with Gasteiger partial charge < -0.3 is 20.8 Å². The highest BCUT2D eigenvalue weighted by Crippen LogP contribution is 2.43. The molecule has 0 saturated carbocycles. The first-order valence-electron chi connectivity index (χ1n) is 20.7. The lowest BCUT2D eigenvalue weighted by atomic mass is 9.82. The summed E-state index contributed by atoms with van der Waals surface area (Å²) in [6.07, 6.45) is 35.4. The average molecular weight is 744 g/mol. The maximum atomic E-state index is 13.3. The summed E-state index contributed by atoms with van der Waals surface area (Å²) in [5.74, 6) is -1.57. The van der Waals surface area contributed by atoms with Gasteiger partial charge in [-0.1, -0.05) is 141 Å². The zero-order valence-electron chi connectivity index (χ0n) is 32.7. The minimum atomic E-state index is -4.58. The number of carbonyl (C=O) groups is 2. The molecule has 300 valence electrons. The summed E-state index contributed by atoms with van der Waals surface area (Å²) in [4.78, 5) is 36.3. The Hall–Kier alpha value is -1.19. The van der Waals surface area contributed by atoms with Crippen LogP contribution in [0.15, 0.2) is 24.3 Å². The molecule has 0 bridgehead atoms. The number of nitrogens with two attached hydrogens (primary N) is 1. The largest absolute Gasteiger partial charge is 0.472 e. The average Bonchev–Trinajstić information content (AvgIpc) is 3.12. The van der Waals surface area contributed by atoms with Gasteiger partial charge in [-0.25, -0.2) is 4.57 Å². The van der Waals surface area contributed by atoms with Crippen LogP contribution in [-0.2, 0) is 23.2 Å². The van der Waals surface area contributed by atoms with E-state index in [1.54, 1.807) is 0 Å². The number of allylic oxidation sites excluding steroid dienone is 4. The molecular formula is C41H78NO8P. The first-order chi connectivity index (χ1) is 24.7. The Kier molecular flexibility index (Phi) is 33.8. The van der Waals surface area contributed by atoms with Crippen LogP contribution < -0.4 is 5.73 Å². The first kappa shape index (κ1) is 49.8. The third-order valence-corrected chi connectivity index (χ3v) is 10.4. The Morgan fingerprint density at radius 2 is 0.941 bits per heavy atom. The maximum Gasteiger partial charge on any atom is 0.472 e. The van der Waals surface area contributed by atoms with E-state index in [9.17, 15) is 29.3 Å². The third-order valence-electron chi connectivity index (χ3n) is 9.43. The van der Waals surface area contributed by atoms with Crippen LogP contribution in [0.5, 0.6) is 0 Å². The van der Waals surface area contributed by atoms with Crippen molar-refractivity contribution in [3.05, 3.63) is 24.3 Å². The summed E-state index contributed by atoms with van der Waals surface area (Å²) in [6, 6.07) is 0. The summed E-state index contributed by atoms with van der Waals surface area (Å²) < 4.78 is 21.6. The Labute approximate surface area is 312 Å². The number of rotatable bonds is 39. The van der Waals surface area contributed by atoms with E-state index in [0.29, 0.717) is 12.8 Å². The molecule has 0 aromatic carbocycles. The predicted octanol–water partition coefficient (Wildman–Crippen LogP) is 10.4. The highest BCUT2D eigenvalue weighted by atomic mass is 31.2. The molecule has 0 radical (unpaired) electrons. The molecule has 9 nitrogen and oxygen atoms in total. The van der Waals surface area contributed by atoms with Crippen LogP contribution >= 0.6 is 7.82 Å². The Bertz CT molecular complexity index is 889. The van der Waals surface area contributed by atoms with Crippen molar-refractivity contribution < 1.29 is 38.3 Å². The minimum Gasteiger partial charge on any atom is -0.387 e. The first-order valence-corrected chi connectivity index (χ1v) is 22.2. The van der Waals surface area contributed by atoms with Crippen molar-refractivity contribution in [3.63, 3.8) is 0 Å². The van der Waals surface area contributed by atoms with Crippen LogP contribution in [-0.4, -0.2) is 58.1 Å². The van der Waals surface area contributed by atoms with Crippen LogP contribution in [0, 0.1) is 0 Å². The second-order valence-electron chi connectivity index (χ2n) is 14.2. The van der Waals surface area contributed by atoms with Crippen molar-refractivity contribution >= 4 is 19.4 Å². The van der Waals surface area contributed by atoms with Crippen molar-refractivity contribution in [2.45, 2.75) is 205 Å². The predicted molar refractivity (Wildman–Crippen MR) is 211 cm³/mol. The quantitative estimate of drug-likeness (QED) is 0.0208. The van der Waals surface area contributed by atoms with Crippen LogP contribution in [0.25, 0.3) is 0 Å². The zero-order chi connectivity index (χ0) is 37.9. The lowest BCUT2D eigenvalue weighted by molar-refractivity contribution is -0.166. The van der Waals surface area contributed by atoms with Crippen LogP contribution in [0.2, 0.25) is 0 Å². The van der Waals surface area contributed by atoms with E-state index in [1.165, 1.54) is 77.0 Å². The van der Waals surface area contributed by atoms with E-state index in [1.807, 2.05) is 0 Å². The fourth-order valence-corrected chi connectivity index (χ4v) is 6.85. The number of unbranched alkanes of at least 4 members (excludes halogenated alkanes) is 22. The molecule has 0 amide bonds. The van der Waals surface area contributed by atoms with Gasteiger partial charge in [0.25, 0.3) is 0 Å². The van der Waals surface area contributed by atoms with Gasteiger partial charge in [-0.15, -0.1) is 0 Å². The van der Waals surface area contributed by atoms with Crippen LogP contribution in [0.1, 0.15) is 194 Å². The van der Waals surface area contributed by atoms with E-state index >= 15 is 0 Å². The zero-order valence-corrected chi connectivity index (χ0v) is 33.6. The molecule has 10 heteroatoms. The molecule has 1 unspecified atom stereocenters. The standard InChI is InChI=1S/C41H78NO8P/c1-3-5-7-9-11-13-15-17-19-21-23-25-27-29-31-33-38(43)41(46,40(45)37-50-51(47,48)49-36-35-42)39(44)34-32-30-28-26-24-22-20-18-16-14-12-10-8-6-4-2/h17-20,40,45-46H,3-16,21-37,42H2,1-2H3,(H,47,48)/t40-,41?/m0/s1. The monoisotopic (exact) mass is 744 g/mol. The summed E-state index contributed by atoms with van der Waals surface area (Å²) >= 11 is 0. The smallest absolute Gasteiger partial charge is 0.387 e. The summed E-state index contributed by atoms with van der Waals surface area (Å²) in [6.45, 7) is 3.28. The molecule has 0 aromatic rings. The molecule has 0 rings (SSSR count). The second-order valence-corrected chi connectivity index (χ2v) is 15.6. The third kappa shape index (κ3) is 28.0. The van der Waals surface area contributed by atoms with Crippen molar-refractivity contribution in [1.82, 2.24) is 0 Å². The minimum absolute atomic E-state index is 0.0245. The van der Waals surface area contributed by atoms with Gasteiger partial charge in [0.2, 0.25) is 5.60 Å². The lowest BCUT2D eigenvalue weighted by Crippen LogP contribution is -2.57. The molecule has 0 aliphatic carbocycles. The van der Waals surface area contributed by atoms with Crippen molar-refractivity contribution in [2.75, 3.05) is 19.8 Å². The van der Waals surface area contributed by atoms with Gasteiger partial charge in [-0.3, -0.25) is 18.6 Å². The molecule has 0 aliphatic rings. The topological polar surface area (TPSA) is 156 Å². The molecule has 51 heavy (non-hydrogen) atoms. The normalized spacial score (nSPS) is 15.0. The molecular weight excluding hydrogens is 665 g/mol. The lowest BCUT2D eigenvalue weighted by Gasteiger charge is -2.30. The highest BCUT2D eigenvalue weighted by Gasteiger charge is 2.49. The number of ketones is 2. The molecule has 0 fully saturated rings. The molecule has 0 aromatic heterocycles. The van der Waals surface area contributed by atoms with Gasteiger partial charge in [-0.05, 0) is 64.2 Å². The van der Waals surface area contributed by atoms with Gasteiger partial charge >= 0.3 is 7.82 Å². The van der Waals surface area contributed by atoms with Gasteiger partial charge in [0.1, 0.15) is 6.10 Å². The van der Waals surface area contributed by atoms with Crippen LogP contribution in [0.4, 0.5) is 0 Å². The molecule has 2 atom stereocenters. The SMILES string of the molecule is CCCCCCCCC=CCCCCCCCC(=O)C(O)(C(=O)CCCCCCCC=CCCCCCCCC)[C@@H](O)COP(=O)(O)OCCN. The number of hydrogen-bond donors (Lipinski definition) is 4. The molecule has 0 spiro atoms. The Balaban J connectivity index is 4.62. The van der Waals surface area contributed by atoms with Gasteiger partial charge in [0, 0.05) is 19.4 Å². The second kappa shape index (κ2) is 34.6. The Morgan fingerprint density at radius 1 is 0.608 bits per heavy atom. The fourth-order valence-electron chi connectivity index (χ4n) is 6.11. The summed E-state index contributed by atoms with van der Waals surface area (Å²) in [5, 5.41) is 22.2. The number of aliphatic hydroxyl groups excluding tert-OH is 1.